The van der Waals surface area contributed by atoms with Gasteiger partial charge >= 0.3 is 12.1 Å². The normalized spacial score (nSPS) is 11.6. The molecule has 0 aliphatic rings. The van der Waals surface area contributed by atoms with Crippen molar-refractivity contribution in [2.75, 3.05) is 0 Å². The molecule has 0 heterocycles. The fourth-order valence-corrected chi connectivity index (χ4v) is 2.33. The maximum atomic E-state index is 12.6. The van der Waals surface area contributed by atoms with Crippen LogP contribution in [0, 0.1) is 0 Å². The number of carbonyl (C=O) groups excluding carboxylic acids is 2. The minimum Gasteiger partial charge on any atom is -0.456 e. The summed E-state index contributed by atoms with van der Waals surface area (Å²) in [5.41, 5.74) is 1.23. The van der Waals surface area contributed by atoms with Crippen molar-refractivity contribution in [3.8, 4) is 0 Å². The second-order valence-corrected chi connectivity index (χ2v) is 7.10. The molecule has 2 rings (SSSR count). The predicted molar refractivity (Wildman–Crippen MR) is 106 cm³/mol. The van der Waals surface area contributed by atoms with Crippen LogP contribution in [0.25, 0.3) is 6.08 Å². The van der Waals surface area contributed by atoms with Gasteiger partial charge in [0.25, 0.3) is 0 Å². The highest BCUT2D eigenvalue weighted by molar-refractivity contribution is 5.97. The largest absolute Gasteiger partial charge is 0.456 e. The molecule has 2 aromatic rings. The van der Waals surface area contributed by atoms with Gasteiger partial charge in [-0.1, -0.05) is 54.6 Å². The summed E-state index contributed by atoms with van der Waals surface area (Å²) >= 11 is 0. The Morgan fingerprint density at radius 2 is 1.68 bits per heavy atom. The lowest BCUT2D eigenvalue weighted by molar-refractivity contribution is -0.140. The molecule has 6 nitrogen and oxygen atoms in total. The molecular formula is C22H25NO5. The molecule has 6 heteroatoms. The fraction of sp³-hybridized carbons (Fsp3) is 0.273. The summed E-state index contributed by atoms with van der Waals surface area (Å²) in [5, 5.41) is 12.0. The van der Waals surface area contributed by atoms with Gasteiger partial charge in [0, 0.05) is 0 Å². The van der Waals surface area contributed by atoms with Gasteiger partial charge in [-0.05, 0) is 43.5 Å². The van der Waals surface area contributed by atoms with E-state index in [0.29, 0.717) is 11.1 Å². The maximum absolute atomic E-state index is 12.6. The molecule has 148 valence electrons. The molecule has 0 fully saturated rings. The number of benzene rings is 2. The molecule has 0 aliphatic heterocycles. The van der Waals surface area contributed by atoms with Crippen LogP contribution in [0.3, 0.4) is 0 Å². The third-order valence-corrected chi connectivity index (χ3v) is 3.59. The van der Waals surface area contributed by atoms with Crippen molar-refractivity contribution in [2.45, 2.75) is 39.6 Å². The van der Waals surface area contributed by atoms with E-state index in [0.717, 1.165) is 5.56 Å². The highest BCUT2D eigenvalue weighted by atomic mass is 16.6. The molecule has 28 heavy (non-hydrogen) atoms. The van der Waals surface area contributed by atoms with E-state index in [1.165, 1.54) is 6.08 Å². The molecule has 1 amide bonds. The van der Waals surface area contributed by atoms with E-state index >= 15 is 0 Å². The van der Waals surface area contributed by atoms with Crippen LogP contribution in [-0.2, 0) is 27.5 Å². The van der Waals surface area contributed by atoms with E-state index in [1.807, 2.05) is 30.3 Å². The Labute approximate surface area is 164 Å². The van der Waals surface area contributed by atoms with Gasteiger partial charge in [-0.25, -0.2) is 9.59 Å². The van der Waals surface area contributed by atoms with E-state index < -0.39 is 17.7 Å². The standard InChI is InChI=1S/C22H25NO5/c1-22(2,3)28-21(26)23-19(13-17-11-7-8-12-18(17)14-24)20(25)27-15-16-9-5-4-6-10-16/h4-13,24H,14-15H2,1-3H3,(H,23,26)/b19-13-. The Morgan fingerprint density at radius 3 is 2.32 bits per heavy atom. The molecule has 0 aliphatic carbocycles. The molecule has 2 N–H and O–H groups in total. The van der Waals surface area contributed by atoms with E-state index in [4.69, 9.17) is 9.47 Å². The van der Waals surface area contributed by atoms with Gasteiger partial charge in [-0.2, -0.15) is 0 Å². The Morgan fingerprint density at radius 1 is 1.04 bits per heavy atom. The number of rotatable bonds is 6. The zero-order chi connectivity index (χ0) is 20.6. The van der Waals surface area contributed by atoms with Crippen molar-refractivity contribution < 1.29 is 24.2 Å². The number of alkyl carbamates (subject to hydrolysis) is 1. The first-order chi connectivity index (χ1) is 13.3. The van der Waals surface area contributed by atoms with Crippen molar-refractivity contribution in [1.82, 2.24) is 5.32 Å². The number of nitrogens with one attached hydrogen (secondary N) is 1. The number of hydrogen-bond donors (Lipinski definition) is 2. The third kappa shape index (κ3) is 6.89. The third-order valence-electron chi connectivity index (χ3n) is 3.59. The van der Waals surface area contributed by atoms with Gasteiger partial charge in [0.05, 0.1) is 6.61 Å². The zero-order valence-corrected chi connectivity index (χ0v) is 16.3. The summed E-state index contributed by atoms with van der Waals surface area (Å²) in [7, 11) is 0. The SMILES string of the molecule is CC(C)(C)OC(=O)N/C(=C\c1ccccc1CO)C(=O)OCc1ccccc1. The molecule has 0 spiro atoms. The van der Waals surface area contributed by atoms with Crippen LogP contribution in [0.15, 0.2) is 60.3 Å². The Hall–Kier alpha value is -3.12. The van der Waals surface area contributed by atoms with Crippen molar-refractivity contribution in [3.63, 3.8) is 0 Å². The molecular weight excluding hydrogens is 358 g/mol. The van der Waals surface area contributed by atoms with E-state index in [2.05, 4.69) is 5.32 Å². The van der Waals surface area contributed by atoms with Crippen LogP contribution in [0.1, 0.15) is 37.5 Å². The molecule has 0 saturated heterocycles. The van der Waals surface area contributed by atoms with Crippen molar-refractivity contribution in [1.29, 1.82) is 0 Å². The van der Waals surface area contributed by atoms with Crippen molar-refractivity contribution in [2.24, 2.45) is 0 Å². The predicted octanol–water partition coefficient (Wildman–Crippen LogP) is 3.79. The average Bonchev–Trinajstić information content (AvgIpc) is 2.65. The summed E-state index contributed by atoms with van der Waals surface area (Å²) in [5.74, 6) is -0.706. The number of carbonyl (C=O) groups is 2. The summed E-state index contributed by atoms with van der Waals surface area (Å²) in [6.45, 7) is 5.04. The zero-order valence-electron chi connectivity index (χ0n) is 16.3. The topological polar surface area (TPSA) is 84.9 Å². The molecule has 0 atom stereocenters. The Bertz CT molecular complexity index is 838. The van der Waals surface area contributed by atoms with Gasteiger partial charge in [0.1, 0.15) is 17.9 Å². The lowest BCUT2D eigenvalue weighted by Crippen LogP contribution is -2.34. The van der Waals surface area contributed by atoms with Gasteiger partial charge in [-0.3, -0.25) is 5.32 Å². The van der Waals surface area contributed by atoms with E-state index in [1.54, 1.807) is 45.0 Å². The highest BCUT2D eigenvalue weighted by Crippen LogP contribution is 2.15. The first kappa shape index (κ1) is 21.2. The minimum atomic E-state index is -0.767. The summed E-state index contributed by atoms with van der Waals surface area (Å²) in [6.07, 6.45) is 0.694. The van der Waals surface area contributed by atoms with Crippen LogP contribution >= 0.6 is 0 Å². The number of hydrogen-bond acceptors (Lipinski definition) is 5. The number of amides is 1. The molecule has 0 unspecified atom stereocenters. The second-order valence-electron chi connectivity index (χ2n) is 7.10. The van der Waals surface area contributed by atoms with Gasteiger partial charge < -0.3 is 14.6 Å². The smallest absolute Gasteiger partial charge is 0.412 e. The van der Waals surface area contributed by atoms with Crippen LogP contribution in [0.4, 0.5) is 4.79 Å². The monoisotopic (exact) mass is 383 g/mol. The number of esters is 1. The second kappa shape index (κ2) is 9.71. The molecule has 0 bridgehead atoms. The molecule has 2 aromatic carbocycles. The number of aliphatic hydroxyl groups excluding tert-OH is 1. The van der Waals surface area contributed by atoms with Gasteiger partial charge in [0.15, 0.2) is 0 Å². The fourth-order valence-electron chi connectivity index (χ4n) is 2.33. The Balaban J connectivity index is 2.23. The molecule has 0 saturated carbocycles. The van der Waals surface area contributed by atoms with E-state index in [-0.39, 0.29) is 18.9 Å². The van der Waals surface area contributed by atoms with Crippen LogP contribution in [0.5, 0.6) is 0 Å². The van der Waals surface area contributed by atoms with Crippen LogP contribution in [0.2, 0.25) is 0 Å². The number of aliphatic hydroxyl groups is 1. The Kier molecular flexibility index (Phi) is 7.35. The number of ether oxygens (including phenoxy) is 2. The first-order valence-corrected chi connectivity index (χ1v) is 8.90. The van der Waals surface area contributed by atoms with Crippen molar-refractivity contribution in [3.05, 3.63) is 77.0 Å². The molecule has 0 radical (unpaired) electrons. The average molecular weight is 383 g/mol. The molecule has 0 aromatic heterocycles. The summed E-state index contributed by atoms with van der Waals surface area (Å²) in [6, 6.07) is 16.2. The van der Waals surface area contributed by atoms with E-state index in [9.17, 15) is 14.7 Å². The van der Waals surface area contributed by atoms with Crippen LogP contribution in [-0.4, -0.2) is 22.8 Å². The first-order valence-electron chi connectivity index (χ1n) is 8.90. The van der Waals surface area contributed by atoms with Gasteiger partial charge in [0.2, 0.25) is 0 Å². The quantitative estimate of drug-likeness (QED) is 0.586. The van der Waals surface area contributed by atoms with Crippen molar-refractivity contribution >= 4 is 18.1 Å². The summed E-state index contributed by atoms with van der Waals surface area (Å²) in [4.78, 5) is 24.8. The lowest BCUT2D eigenvalue weighted by atomic mass is 10.1. The lowest BCUT2D eigenvalue weighted by Gasteiger charge is -2.20. The maximum Gasteiger partial charge on any atom is 0.412 e. The summed E-state index contributed by atoms with van der Waals surface area (Å²) < 4.78 is 10.6. The van der Waals surface area contributed by atoms with Crippen LogP contribution < -0.4 is 5.32 Å². The highest BCUT2D eigenvalue weighted by Gasteiger charge is 2.21. The van der Waals surface area contributed by atoms with Gasteiger partial charge in [-0.15, -0.1) is 0 Å². The minimum absolute atomic E-state index is 0.0641.